The molecule has 1 aliphatic carbocycles. The van der Waals surface area contributed by atoms with E-state index >= 15 is 0 Å². The molecule has 0 aliphatic heterocycles. The molecule has 7 heteroatoms. The number of nitrogens with one attached hydrogen (secondary N) is 2. The lowest BCUT2D eigenvalue weighted by Gasteiger charge is -2.13. The second-order valence-electron chi connectivity index (χ2n) is 8.06. The molecule has 0 bridgehead atoms. The van der Waals surface area contributed by atoms with Crippen molar-refractivity contribution in [2.75, 3.05) is 13.2 Å². The predicted molar refractivity (Wildman–Crippen MR) is 122 cm³/mol. The smallest absolute Gasteiger partial charge is 0.240 e. The maximum atomic E-state index is 12.5. The zero-order valence-electron chi connectivity index (χ0n) is 18.1. The van der Waals surface area contributed by atoms with Crippen molar-refractivity contribution in [2.24, 2.45) is 0 Å². The second-order valence-corrected chi connectivity index (χ2v) is 9.78. The molecule has 1 saturated carbocycles. The topological polar surface area (TPSA) is 84.5 Å². The van der Waals surface area contributed by atoms with Crippen molar-refractivity contribution < 1.29 is 17.9 Å². The maximum Gasteiger partial charge on any atom is 0.240 e. The van der Waals surface area contributed by atoms with Crippen LogP contribution in [0.5, 0.6) is 5.75 Å². The second kappa shape index (κ2) is 11.3. The fourth-order valence-electron chi connectivity index (χ4n) is 3.73. The van der Waals surface area contributed by atoms with Gasteiger partial charge in [0.1, 0.15) is 5.75 Å². The molecular weight excluding hydrogens is 412 g/mol. The Hall–Kier alpha value is -2.38. The molecule has 31 heavy (non-hydrogen) atoms. The number of amides is 1. The van der Waals surface area contributed by atoms with E-state index in [1.807, 2.05) is 43.3 Å². The highest BCUT2D eigenvalue weighted by atomic mass is 32.2. The minimum Gasteiger partial charge on any atom is -0.493 e. The Morgan fingerprint density at radius 1 is 1.06 bits per heavy atom. The number of hydrogen-bond donors (Lipinski definition) is 2. The van der Waals surface area contributed by atoms with Crippen LogP contribution in [0.3, 0.4) is 0 Å². The highest BCUT2D eigenvalue weighted by Gasteiger charge is 2.22. The average molecular weight is 445 g/mol. The monoisotopic (exact) mass is 444 g/mol. The first-order valence-electron chi connectivity index (χ1n) is 11.0. The van der Waals surface area contributed by atoms with Gasteiger partial charge in [0.15, 0.2) is 0 Å². The van der Waals surface area contributed by atoms with Crippen molar-refractivity contribution >= 4 is 15.9 Å². The number of para-hydroxylation sites is 1. The molecule has 1 aliphatic rings. The summed E-state index contributed by atoms with van der Waals surface area (Å²) in [6.07, 6.45) is 5.71. The van der Waals surface area contributed by atoms with Crippen molar-refractivity contribution in [3.8, 4) is 5.75 Å². The Balaban J connectivity index is 1.34. The summed E-state index contributed by atoms with van der Waals surface area (Å²) in [6.45, 7) is 3.02. The lowest BCUT2D eigenvalue weighted by atomic mass is 10.1. The van der Waals surface area contributed by atoms with Gasteiger partial charge in [0, 0.05) is 19.0 Å². The molecule has 1 fully saturated rings. The molecule has 168 valence electrons. The van der Waals surface area contributed by atoms with Crippen molar-refractivity contribution in [1.82, 2.24) is 10.0 Å². The van der Waals surface area contributed by atoms with Gasteiger partial charge in [-0.1, -0.05) is 43.2 Å². The molecule has 6 nitrogen and oxygen atoms in total. The first kappa shape index (κ1) is 23.3. The Morgan fingerprint density at radius 2 is 1.77 bits per heavy atom. The van der Waals surface area contributed by atoms with Gasteiger partial charge in [-0.2, -0.15) is 0 Å². The van der Waals surface area contributed by atoms with Gasteiger partial charge in [-0.15, -0.1) is 0 Å². The van der Waals surface area contributed by atoms with Crippen molar-refractivity contribution in [1.29, 1.82) is 0 Å². The first-order valence-corrected chi connectivity index (χ1v) is 12.5. The summed E-state index contributed by atoms with van der Waals surface area (Å²) in [5.74, 6) is 0.847. The fourth-order valence-corrected chi connectivity index (χ4v) is 5.04. The third kappa shape index (κ3) is 7.36. The summed E-state index contributed by atoms with van der Waals surface area (Å²) in [6, 6.07) is 14.8. The van der Waals surface area contributed by atoms with Crippen LogP contribution in [-0.4, -0.2) is 33.5 Å². The summed E-state index contributed by atoms with van der Waals surface area (Å²) < 4.78 is 33.4. The lowest BCUT2D eigenvalue weighted by molar-refractivity contribution is -0.121. The highest BCUT2D eigenvalue weighted by Crippen LogP contribution is 2.20. The maximum absolute atomic E-state index is 12.5. The van der Waals surface area contributed by atoms with Crippen LogP contribution < -0.4 is 14.8 Å². The van der Waals surface area contributed by atoms with Crippen LogP contribution in [0.15, 0.2) is 53.4 Å². The first-order chi connectivity index (χ1) is 14.9. The number of sulfonamides is 1. The average Bonchev–Trinajstić information content (AvgIpc) is 3.25. The zero-order chi connectivity index (χ0) is 22.1. The number of carbonyl (C=O) groups is 1. The van der Waals surface area contributed by atoms with Crippen LogP contribution in [0, 0.1) is 6.92 Å². The molecule has 2 aromatic rings. The quantitative estimate of drug-likeness (QED) is 0.517. The van der Waals surface area contributed by atoms with Crippen LogP contribution in [0.4, 0.5) is 0 Å². The molecule has 0 saturated heterocycles. The predicted octanol–water partition coefficient (Wildman–Crippen LogP) is 3.73. The fraction of sp³-hybridized carbons (Fsp3) is 0.458. The van der Waals surface area contributed by atoms with Crippen LogP contribution in [0.2, 0.25) is 0 Å². The minimum atomic E-state index is -3.46. The van der Waals surface area contributed by atoms with Gasteiger partial charge >= 0.3 is 0 Å². The van der Waals surface area contributed by atoms with Gasteiger partial charge < -0.3 is 10.1 Å². The van der Waals surface area contributed by atoms with Gasteiger partial charge in [-0.25, -0.2) is 13.1 Å². The number of rotatable bonds is 11. The van der Waals surface area contributed by atoms with Crippen LogP contribution in [-0.2, 0) is 21.2 Å². The molecule has 3 rings (SSSR count). The Labute approximate surface area is 185 Å². The summed E-state index contributed by atoms with van der Waals surface area (Å²) in [5.41, 5.74) is 2.07. The standard InChI is InChI=1S/C24H32N2O4S/c1-19-7-2-5-10-23(19)30-18-6-11-24(27)25-17-16-20-12-14-22(15-13-20)31(28,29)26-21-8-3-4-9-21/h2,5,7,10,12-15,21,26H,3-4,6,8-9,11,16-18H2,1H3,(H,25,27). The minimum absolute atomic E-state index is 0.00616. The van der Waals surface area contributed by atoms with Crippen LogP contribution >= 0.6 is 0 Å². The summed E-state index contributed by atoms with van der Waals surface area (Å²) in [7, 11) is -3.46. The van der Waals surface area contributed by atoms with E-state index in [9.17, 15) is 13.2 Å². The summed E-state index contributed by atoms with van der Waals surface area (Å²) in [4.78, 5) is 12.3. The molecular formula is C24H32N2O4S. The van der Waals surface area contributed by atoms with Crippen LogP contribution in [0.1, 0.15) is 49.7 Å². The van der Waals surface area contributed by atoms with Crippen LogP contribution in [0.25, 0.3) is 0 Å². The summed E-state index contributed by atoms with van der Waals surface area (Å²) in [5, 5.41) is 2.91. The number of carbonyl (C=O) groups excluding carboxylic acids is 1. The largest absolute Gasteiger partial charge is 0.493 e. The zero-order valence-corrected chi connectivity index (χ0v) is 18.9. The van der Waals surface area contributed by atoms with Crippen molar-refractivity contribution in [2.45, 2.75) is 62.8 Å². The Morgan fingerprint density at radius 3 is 2.48 bits per heavy atom. The third-order valence-electron chi connectivity index (χ3n) is 5.55. The van der Waals surface area contributed by atoms with E-state index in [1.165, 1.54) is 0 Å². The number of benzene rings is 2. The van der Waals surface area contributed by atoms with Gasteiger partial charge in [0.05, 0.1) is 11.5 Å². The van der Waals surface area contributed by atoms with Crippen molar-refractivity contribution in [3.63, 3.8) is 0 Å². The normalized spacial score (nSPS) is 14.5. The molecule has 0 spiro atoms. The molecule has 0 heterocycles. The highest BCUT2D eigenvalue weighted by molar-refractivity contribution is 7.89. The molecule has 1 amide bonds. The molecule has 0 unspecified atom stereocenters. The molecule has 0 atom stereocenters. The number of ether oxygens (including phenoxy) is 1. The van der Waals surface area contributed by atoms with E-state index in [4.69, 9.17) is 4.74 Å². The molecule has 0 aromatic heterocycles. The van der Waals surface area contributed by atoms with E-state index < -0.39 is 10.0 Å². The van der Waals surface area contributed by atoms with Gasteiger partial charge in [0.2, 0.25) is 15.9 Å². The van der Waals surface area contributed by atoms with E-state index in [0.29, 0.717) is 37.3 Å². The van der Waals surface area contributed by atoms with E-state index in [0.717, 1.165) is 42.6 Å². The molecule has 2 N–H and O–H groups in total. The van der Waals surface area contributed by atoms with Gasteiger partial charge in [-0.3, -0.25) is 4.79 Å². The number of aryl methyl sites for hydroxylation is 1. The molecule has 0 radical (unpaired) electrons. The molecule has 2 aromatic carbocycles. The van der Waals surface area contributed by atoms with E-state index in [2.05, 4.69) is 10.0 Å². The Bertz CT molecular complexity index is 952. The SMILES string of the molecule is Cc1ccccc1OCCCC(=O)NCCc1ccc(S(=O)(=O)NC2CCCC2)cc1. The van der Waals surface area contributed by atoms with E-state index in [1.54, 1.807) is 12.1 Å². The summed E-state index contributed by atoms with van der Waals surface area (Å²) >= 11 is 0. The van der Waals surface area contributed by atoms with Gasteiger partial charge in [0.25, 0.3) is 0 Å². The van der Waals surface area contributed by atoms with Gasteiger partial charge in [-0.05, 0) is 61.9 Å². The Kier molecular flexibility index (Phi) is 8.49. The lowest BCUT2D eigenvalue weighted by Crippen LogP contribution is -2.32. The van der Waals surface area contributed by atoms with E-state index in [-0.39, 0.29) is 11.9 Å². The number of hydrogen-bond acceptors (Lipinski definition) is 4. The third-order valence-corrected chi connectivity index (χ3v) is 7.08. The van der Waals surface area contributed by atoms with Crippen molar-refractivity contribution in [3.05, 3.63) is 59.7 Å².